The minimum absolute atomic E-state index is 0.0355. The van der Waals surface area contributed by atoms with E-state index in [1.807, 2.05) is 0 Å². The fraction of sp³-hybridized carbons (Fsp3) is 0.800. The van der Waals surface area contributed by atoms with Crippen LogP contribution in [0.2, 0.25) is 0 Å². The molecule has 1 fully saturated rings. The third-order valence-corrected chi connectivity index (χ3v) is 2.30. The van der Waals surface area contributed by atoms with Gasteiger partial charge >= 0.3 is 16.3 Å². The zero-order valence-electron chi connectivity index (χ0n) is 5.42. The van der Waals surface area contributed by atoms with Gasteiger partial charge in [-0.1, -0.05) is 0 Å². The fourth-order valence-corrected chi connectivity index (χ4v) is 1.47. The largest absolute Gasteiger partial charge is 0.392 e. The lowest BCUT2D eigenvalue weighted by atomic mass is 10.2. The minimum atomic E-state index is -0.298. The van der Waals surface area contributed by atoms with E-state index in [1.165, 1.54) is 0 Å². The van der Waals surface area contributed by atoms with E-state index in [-0.39, 0.29) is 16.8 Å². The Morgan fingerprint density at radius 3 is 2.67 bits per heavy atom. The van der Waals surface area contributed by atoms with E-state index in [0.29, 0.717) is 29.3 Å². The van der Waals surface area contributed by atoms with Crippen molar-refractivity contribution in [2.75, 3.05) is 6.54 Å². The first kappa shape index (κ1) is 7.23. The summed E-state index contributed by atoms with van der Waals surface area (Å²) in [5.74, 6) is 0. The molecule has 1 saturated heterocycles. The number of nitrogens with one attached hydrogen (secondary N) is 1. The van der Waals surface area contributed by atoms with Gasteiger partial charge in [0.2, 0.25) is 0 Å². The van der Waals surface area contributed by atoms with Crippen LogP contribution in [0.25, 0.3) is 0 Å². The Bertz CT molecular complexity index is 128. The van der Waals surface area contributed by atoms with Crippen LogP contribution in [0.3, 0.4) is 0 Å². The van der Waals surface area contributed by atoms with E-state index in [0.717, 1.165) is 0 Å². The van der Waals surface area contributed by atoms with Crippen molar-refractivity contribution in [1.82, 2.24) is 5.32 Å². The number of carbonyl (C=O) groups is 1. The fourth-order valence-electron chi connectivity index (χ4n) is 1.03. The van der Waals surface area contributed by atoms with Gasteiger partial charge in [0.25, 0.3) is 0 Å². The lowest BCUT2D eigenvalue weighted by Crippen LogP contribution is -2.30. The molecule has 4 heteroatoms. The summed E-state index contributed by atoms with van der Waals surface area (Å²) in [4.78, 5) is 10.7. The zero-order valence-corrected chi connectivity index (χ0v) is 7.42. The highest BCUT2D eigenvalue weighted by molar-refractivity contribution is 6.59. The van der Waals surface area contributed by atoms with Crippen LogP contribution in [0.1, 0.15) is 6.42 Å². The van der Waals surface area contributed by atoms with Gasteiger partial charge in [-0.25, -0.2) is 0 Å². The van der Waals surface area contributed by atoms with Gasteiger partial charge in [0.1, 0.15) is 0 Å². The lowest BCUT2D eigenvalue weighted by Gasteiger charge is -2.02. The van der Waals surface area contributed by atoms with Gasteiger partial charge in [0.05, 0.1) is 10.7 Å². The smallest absolute Gasteiger partial charge is 0.321 e. The van der Waals surface area contributed by atoms with Crippen molar-refractivity contribution in [3.63, 3.8) is 0 Å². The van der Waals surface area contributed by atoms with Crippen LogP contribution in [0.4, 0.5) is 0 Å². The quantitative estimate of drug-likeness (QED) is 0.412. The maximum atomic E-state index is 10.7. The molecule has 1 aliphatic rings. The number of carbonyl (C=O) groups excluding carboxylic acids is 1. The van der Waals surface area contributed by atoms with Crippen LogP contribution in [0.15, 0.2) is 0 Å². The van der Waals surface area contributed by atoms with Gasteiger partial charge in [0, 0.05) is 12.6 Å². The molecular formula is C5H10AlNO2. The highest BCUT2D eigenvalue weighted by atomic mass is 27.0. The molecule has 1 aliphatic heterocycles. The highest BCUT2D eigenvalue weighted by Gasteiger charge is 2.23. The molecular weight excluding hydrogens is 133 g/mol. The van der Waals surface area contributed by atoms with E-state index < -0.39 is 0 Å². The van der Waals surface area contributed by atoms with Gasteiger partial charge in [-0.2, -0.15) is 0 Å². The number of hydrogen-bond acceptors (Lipinski definition) is 3. The van der Waals surface area contributed by atoms with Crippen molar-refractivity contribution in [3.8, 4) is 0 Å². The van der Waals surface area contributed by atoms with E-state index in [4.69, 9.17) is 5.11 Å². The van der Waals surface area contributed by atoms with E-state index in [1.54, 1.807) is 0 Å². The van der Waals surface area contributed by atoms with E-state index in [2.05, 4.69) is 5.32 Å². The molecule has 0 aromatic heterocycles. The average Bonchev–Trinajstić information content (AvgIpc) is 2.14. The number of rotatable bonds is 1. The number of aliphatic hydroxyl groups is 1. The lowest BCUT2D eigenvalue weighted by molar-refractivity contribution is -0.113. The molecule has 1 heterocycles. The zero-order chi connectivity index (χ0) is 6.85. The average molecular weight is 143 g/mol. The molecule has 3 nitrogen and oxygen atoms in total. The molecule has 2 atom stereocenters. The minimum Gasteiger partial charge on any atom is -0.392 e. The summed E-state index contributed by atoms with van der Waals surface area (Å²) < 4.78 is 0.256. The number of aliphatic hydroxyl groups excluding tert-OH is 1. The molecule has 50 valence electrons. The van der Waals surface area contributed by atoms with Crippen LogP contribution in [-0.4, -0.2) is 44.7 Å². The SMILES string of the molecule is O=[C]([AlH2])C1CC(O)CN1. The Kier molecular flexibility index (Phi) is 2.25. The molecule has 0 radical (unpaired) electrons. The molecule has 9 heavy (non-hydrogen) atoms. The molecule has 2 unspecified atom stereocenters. The summed E-state index contributed by atoms with van der Waals surface area (Å²) in [6.45, 7) is 0.582. The number of β-amino-alcohol motifs (C(OH)–C–C–N with tert-alkyl or cyclic N) is 1. The van der Waals surface area contributed by atoms with Crippen LogP contribution < -0.4 is 5.32 Å². The molecule has 0 saturated carbocycles. The van der Waals surface area contributed by atoms with Gasteiger partial charge in [0.15, 0.2) is 0 Å². The van der Waals surface area contributed by atoms with Crippen LogP contribution in [0.5, 0.6) is 0 Å². The molecule has 0 amide bonds. The first-order valence-electron chi connectivity index (χ1n) is 3.12. The van der Waals surface area contributed by atoms with Gasteiger partial charge in [-0.3, -0.25) is 0 Å². The highest BCUT2D eigenvalue weighted by Crippen LogP contribution is 2.04. The maximum Gasteiger partial charge on any atom is 0.321 e. The summed E-state index contributed by atoms with van der Waals surface area (Å²) in [6.07, 6.45) is 0.315. The predicted molar refractivity (Wildman–Crippen MR) is 36.0 cm³/mol. The van der Waals surface area contributed by atoms with Gasteiger partial charge in [-0.05, 0) is 6.42 Å². The first-order valence-corrected chi connectivity index (χ1v) is 4.12. The Labute approximate surface area is 61.9 Å². The third-order valence-electron chi connectivity index (χ3n) is 1.60. The first-order chi connectivity index (χ1) is 4.20. The molecule has 0 bridgehead atoms. The van der Waals surface area contributed by atoms with Gasteiger partial charge < -0.3 is 15.2 Å². The summed E-state index contributed by atoms with van der Waals surface area (Å²) in [5.41, 5.74) is 0. The molecule has 2 N–H and O–H groups in total. The van der Waals surface area contributed by atoms with Crippen LogP contribution >= 0.6 is 0 Å². The standard InChI is InChI=1S/C5H8NO2.Al.2H/c7-3-4-1-5(8)2-6-4;;;/h4-6,8H,1-2H2;;;. The van der Waals surface area contributed by atoms with Crippen molar-refractivity contribution < 1.29 is 9.90 Å². The van der Waals surface area contributed by atoms with Crippen molar-refractivity contribution in [2.24, 2.45) is 0 Å². The molecule has 0 spiro atoms. The predicted octanol–water partition coefficient (Wildman–Crippen LogP) is -2.13. The van der Waals surface area contributed by atoms with Crippen molar-refractivity contribution in [3.05, 3.63) is 0 Å². The maximum absolute atomic E-state index is 10.7. The number of hydrogen-bond donors (Lipinski definition) is 2. The Morgan fingerprint density at radius 2 is 2.44 bits per heavy atom. The third kappa shape index (κ3) is 1.77. The van der Waals surface area contributed by atoms with E-state index >= 15 is 0 Å². The van der Waals surface area contributed by atoms with Crippen molar-refractivity contribution >= 4 is 20.9 Å². The summed E-state index contributed by atoms with van der Waals surface area (Å²) in [6, 6.07) is -0.0355. The second kappa shape index (κ2) is 2.80. The summed E-state index contributed by atoms with van der Waals surface area (Å²) in [5, 5.41) is 11.9. The summed E-state index contributed by atoms with van der Waals surface area (Å²) in [7, 11) is 0. The monoisotopic (exact) mass is 143 g/mol. The van der Waals surface area contributed by atoms with Crippen molar-refractivity contribution in [2.45, 2.75) is 18.6 Å². The van der Waals surface area contributed by atoms with Crippen LogP contribution in [-0.2, 0) is 4.79 Å². The Morgan fingerprint density at radius 1 is 1.78 bits per heavy atom. The Balaban J connectivity index is 2.39. The molecule has 1 rings (SSSR count). The van der Waals surface area contributed by atoms with E-state index in [9.17, 15) is 4.79 Å². The van der Waals surface area contributed by atoms with Crippen LogP contribution in [0, 0.1) is 0 Å². The summed E-state index contributed by atoms with van der Waals surface area (Å²) >= 11 is 0.590. The Hall–Kier alpha value is 0.122. The molecule has 0 aromatic carbocycles. The molecule has 0 aliphatic carbocycles. The second-order valence-corrected chi connectivity index (χ2v) is 3.45. The molecule has 0 aromatic rings. The normalized spacial score (nSPS) is 34.8. The van der Waals surface area contributed by atoms with Crippen molar-refractivity contribution in [1.29, 1.82) is 0 Å². The second-order valence-electron chi connectivity index (χ2n) is 2.46. The van der Waals surface area contributed by atoms with Gasteiger partial charge in [-0.15, -0.1) is 0 Å². The topological polar surface area (TPSA) is 49.3 Å².